The van der Waals surface area contributed by atoms with E-state index in [1.54, 1.807) is 6.92 Å². The molecule has 12 heavy (non-hydrogen) atoms. The van der Waals surface area contributed by atoms with Crippen LogP contribution in [0.2, 0.25) is 0 Å². The molecule has 66 valence electrons. The molecule has 0 unspecified atom stereocenters. The molecule has 0 bridgehead atoms. The largest absolute Gasteiger partial charge is 0.543 e. The van der Waals surface area contributed by atoms with Gasteiger partial charge in [0, 0.05) is 0 Å². The topological polar surface area (TPSA) is 75.4 Å². The number of rotatable bonds is 2. The summed E-state index contributed by atoms with van der Waals surface area (Å²) in [5.41, 5.74) is 0.148. The average Bonchev–Trinajstić information content (AvgIpc) is 2.32. The second-order valence-electron chi connectivity index (χ2n) is 2.15. The fourth-order valence-electron chi connectivity index (χ4n) is 0.783. The zero-order valence-corrected chi connectivity index (χ0v) is 6.79. The van der Waals surface area contributed by atoms with Crippen LogP contribution >= 0.6 is 0 Å². The van der Waals surface area contributed by atoms with E-state index in [2.05, 4.69) is 14.4 Å². The molecule has 0 spiro atoms. The molecule has 5 nitrogen and oxygen atoms in total. The van der Waals surface area contributed by atoms with Crippen molar-refractivity contribution >= 4 is 5.97 Å². The van der Waals surface area contributed by atoms with Crippen molar-refractivity contribution in [2.45, 2.75) is 13.8 Å². The van der Waals surface area contributed by atoms with Gasteiger partial charge in [0.05, 0.1) is 18.2 Å². The van der Waals surface area contributed by atoms with Crippen molar-refractivity contribution in [3.8, 4) is 5.95 Å². The molecular formula is C7H8NO4-. The van der Waals surface area contributed by atoms with E-state index in [0.29, 0.717) is 0 Å². The smallest absolute Gasteiger partial charge is 0.341 e. The molecule has 5 heteroatoms. The van der Waals surface area contributed by atoms with E-state index in [4.69, 9.17) is 0 Å². The van der Waals surface area contributed by atoms with E-state index < -0.39 is 11.9 Å². The molecule has 0 amide bonds. The van der Waals surface area contributed by atoms with Crippen LogP contribution in [0.1, 0.15) is 23.0 Å². The van der Waals surface area contributed by atoms with E-state index in [0.717, 1.165) is 0 Å². The van der Waals surface area contributed by atoms with Crippen LogP contribution in [0.25, 0.3) is 0 Å². The summed E-state index contributed by atoms with van der Waals surface area (Å²) in [5.74, 6) is -1.42. The maximum absolute atomic E-state index is 11.0. The standard InChI is InChI=1S/C7H9NO4/c1-3-11-6(9)5-4(2)8-12-7(5)10/h10H,3H2,1-2H3/p-1. The number of aromatic nitrogens is 1. The predicted octanol–water partition coefficient (Wildman–Crippen LogP) is 0.233. The van der Waals surface area contributed by atoms with Gasteiger partial charge in [0.2, 0.25) is 0 Å². The fourth-order valence-corrected chi connectivity index (χ4v) is 0.783. The Bertz CT molecular complexity index is 272. The first-order valence-corrected chi connectivity index (χ1v) is 3.47. The van der Waals surface area contributed by atoms with Gasteiger partial charge < -0.3 is 14.4 Å². The maximum atomic E-state index is 11.0. The van der Waals surface area contributed by atoms with Gasteiger partial charge in [-0.25, -0.2) is 4.79 Å². The molecule has 1 aromatic rings. The number of ether oxygens (including phenoxy) is 1. The molecule has 0 aliphatic rings. The highest BCUT2D eigenvalue weighted by atomic mass is 16.6. The number of hydrogen-bond acceptors (Lipinski definition) is 5. The minimum atomic E-state index is -0.744. The lowest BCUT2D eigenvalue weighted by Gasteiger charge is -2.01. The van der Waals surface area contributed by atoms with Gasteiger partial charge in [0.15, 0.2) is 0 Å². The van der Waals surface area contributed by atoms with Gasteiger partial charge in [-0.3, -0.25) is 0 Å². The normalized spacial score (nSPS) is 9.83. The van der Waals surface area contributed by atoms with Crippen LogP contribution in [0.5, 0.6) is 5.95 Å². The zero-order valence-electron chi connectivity index (χ0n) is 6.79. The quantitative estimate of drug-likeness (QED) is 0.594. The molecule has 0 radical (unpaired) electrons. The summed E-state index contributed by atoms with van der Waals surface area (Å²) in [6, 6.07) is 0. The van der Waals surface area contributed by atoms with Crippen LogP contribution < -0.4 is 5.11 Å². The Morgan fingerprint density at radius 3 is 2.83 bits per heavy atom. The van der Waals surface area contributed by atoms with Crippen molar-refractivity contribution in [3.05, 3.63) is 11.3 Å². The molecule has 0 saturated carbocycles. The summed E-state index contributed by atoms with van der Waals surface area (Å²) in [6.45, 7) is 3.39. The third kappa shape index (κ3) is 1.39. The number of carbonyl (C=O) groups is 1. The minimum absolute atomic E-state index is 0.114. The average molecular weight is 170 g/mol. The van der Waals surface area contributed by atoms with Crippen molar-refractivity contribution in [1.82, 2.24) is 5.16 Å². The summed E-state index contributed by atoms with van der Waals surface area (Å²) < 4.78 is 8.87. The van der Waals surface area contributed by atoms with E-state index in [1.807, 2.05) is 0 Å². The van der Waals surface area contributed by atoms with Gasteiger partial charge in [-0.05, 0) is 13.8 Å². The van der Waals surface area contributed by atoms with Gasteiger partial charge in [-0.2, -0.15) is 5.16 Å². The van der Waals surface area contributed by atoms with Crippen molar-refractivity contribution in [3.63, 3.8) is 0 Å². The first kappa shape index (κ1) is 8.58. The number of aryl methyl sites for hydroxylation is 1. The Morgan fingerprint density at radius 2 is 2.42 bits per heavy atom. The van der Waals surface area contributed by atoms with E-state index in [-0.39, 0.29) is 17.9 Å². The van der Waals surface area contributed by atoms with Gasteiger partial charge in [-0.15, -0.1) is 0 Å². The SMILES string of the molecule is CCOC(=O)c1c(C)noc1[O-]. The van der Waals surface area contributed by atoms with Crippen LogP contribution in [0.4, 0.5) is 0 Å². The Kier molecular flexibility index (Phi) is 2.32. The molecule has 1 rings (SSSR count). The molecular weight excluding hydrogens is 162 g/mol. The highest BCUT2D eigenvalue weighted by Gasteiger charge is 2.14. The van der Waals surface area contributed by atoms with E-state index in [1.165, 1.54) is 6.92 Å². The minimum Gasteiger partial charge on any atom is -0.543 e. The summed E-state index contributed by atoms with van der Waals surface area (Å²) in [6.07, 6.45) is 0. The van der Waals surface area contributed by atoms with Gasteiger partial charge >= 0.3 is 5.97 Å². The second kappa shape index (κ2) is 3.25. The summed E-state index contributed by atoms with van der Waals surface area (Å²) in [4.78, 5) is 11.0. The number of hydrogen-bond donors (Lipinski definition) is 0. The summed E-state index contributed by atoms with van der Waals surface area (Å²) >= 11 is 0. The van der Waals surface area contributed by atoms with Crippen LogP contribution in [0.15, 0.2) is 4.52 Å². The van der Waals surface area contributed by atoms with Crippen LogP contribution in [-0.4, -0.2) is 17.7 Å². The van der Waals surface area contributed by atoms with Gasteiger partial charge in [0.1, 0.15) is 5.56 Å². The maximum Gasteiger partial charge on any atom is 0.341 e. The van der Waals surface area contributed by atoms with E-state index in [9.17, 15) is 9.90 Å². The van der Waals surface area contributed by atoms with Crippen LogP contribution in [0.3, 0.4) is 0 Å². The predicted molar refractivity (Wildman–Crippen MR) is 36.6 cm³/mol. The number of carbonyl (C=O) groups excluding carboxylic acids is 1. The fraction of sp³-hybridized carbons (Fsp3) is 0.429. The van der Waals surface area contributed by atoms with Crippen molar-refractivity contribution in [1.29, 1.82) is 0 Å². The lowest BCUT2D eigenvalue weighted by molar-refractivity contribution is -0.297. The van der Waals surface area contributed by atoms with Crippen LogP contribution in [-0.2, 0) is 4.74 Å². The highest BCUT2D eigenvalue weighted by Crippen LogP contribution is 2.17. The Hall–Kier alpha value is -1.52. The van der Waals surface area contributed by atoms with Crippen LogP contribution in [0, 0.1) is 6.92 Å². The third-order valence-corrected chi connectivity index (χ3v) is 1.31. The molecule has 0 aliphatic carbocycles. The molecule has 0 aromatic carbocycles. The Morgan fingerprint density at radius 1 is 1.75 bits per heavy atom. The van der Waals surface area contributed by atoms with Crippen molar-refractivity contribution < 1.29 is 19.2 Å². The molecule has 1 aromatic heterocycles. The highest BCUT2D eigenvalue weighted by molar-refractivity contribution is 5.92. The Labute approximate surface area is 68.9 Å². The Balaban J connectivity index is 2.93. The number of nitrogens with zero attached hydrogens (tertiary/aromatic N) is 1. The van der Waals surface area contributed by atoms with Gasteiger partial charge in [0.25, 0.3) is 0 Å². The molecule has 0 N–H and O–H groups in total. The lowest BCUT2D eigenvalue weighted by atomic mass is 10.2. The second-order valence-corrected chi connectivity index (χ2v) is 2.15. The molecule has 0 saturated heterocycles. The lowest BCUT2D eigenvalue weighted by Crippen LogP contribution is -2.08. The molecule has 0 fully saturated rings. The van der Waals surface area contributed by atoms with Crippen molar-refractivity contribution in [2.75, 3.05) is 6.61 Å². The molecule has 1 heterocycles. The monoisotopic (exact) mass is 170 g/mol. The zero-order chi connectivity index (χ0) is 9.14. The third-order valence-electron chi connectivity index (χ3n) is 1.31. The first-order chi connectivity index (χ1) is 5.66. The summed E-state index contributed by atoms with van der Waals surface area (Å²) in [5, 5.41) is 14.2. The van der Waals surface area contributed by atoms with E-state index >= 15 is 0 Å². The summed E-state index contributed by atoms with van der Waals surface area (Å²) in [7, 11) is 0. The van der Waals surface area contributed by atoms with Crippen molar-refractivity contribution in [2.24, 2.45) is 0 Å². The molecule has 0 atom stereocenters. The van der Waals surface area contributed by atoms with Gasteiger partial charge in [-0.1, -0.05) is 0 Å². The molecule has 0 aliphatic heterocycles. The number of esters is 1. The first-order valence-electron chi connectivity index (χ1n) is 3.47.